The zero-order valence-corrected chi connectivity index (χ0v) is 8.75. The summed E-state index contributed by atoms with van der Waals surface area (Å²) in [5.41, 5.74) is 0.316. The molecule has 0 atom stereocenters. The highest BCUT2D eigenvalue weighted by Crippen LogP contribution is 2.17. The lowest BCUT2D eigenvalue weighted by Gasteiger charge is -2.06. The number of carbonyl (C=O) groups is 1. The van der Waals surface area contributed by atoms with E-state index in [0.717, 1.165) is 0 Å². The van der Waals surface area contributed by atoms with Crippen molar-refractivity contribution in [2.75, 3.05) is 7.11 Å². The summed E-state index contributed by atoms with van der Waals surface area (Å²) >= 11 is 0. The van der Waals surface area contributed by atoms with Crippen LogP contribution in [0, 0.1) is 5.82 Å². The van der Waals surface area contributed by atoms with Crippen molar-refractivity contribution >= 4 is 5.97 Å². The van der Waals surface area contributed by atoms with E-state index in [4.69, 9.17) is 9.47 Å². The van der Waals surface area contributed by atoms with Gasteiger partial charge in [-0.05, 0) is 18.2 Å². The van der Waals surface area contributed by atoms with Gasteiger partial charge in [0.1, 0.15) is 18.2 Å². The third kappa shape index (κ3) is 3.23. The number of hydrogen-bond acceptors (Lipinski definition) is 3. The molecule has 82 valence electrons. The van der Waals surface area contributed by atoms with Gasteiger partial charge in [0, 0.05) is 12.0 Å². The standard InChI is InChI=1S/C11H13FO3/c1-3-11(13)15-7-8-6-9(14-2)4-5-10(8)12/h4-6H,3,7H2,1-2H3. The molecule has 0 unspecified atom stereocenters. The first-order chi connectivity index (χ1) is 7.17. The molecule has 0 bridgehead atoms. The average Bonchev–Trinajstić information content (AvgIpc) is 2.27. The molecule has 0 radical (unpaired) electrons. The van der Waals surface area contributed by atoms with Gasteiger partial charge in [0.15, 0.2) is 0 Å². The van der Waals surface area contributed by atoms with Crippen LogP contribution < -0.4 is 4.74 Å². The second kappa shape index (κ2) is 5.34. The first-order valence-corrected chi connectivity index (χ1v) is 4.65. The maximum atomic E-state index is 13.2. The van der Waals surface area contributed by atoms with E-state index in [1.807, 2.05) is 0 Å². The van der Waals surface area contributed by atoms with Gasteiger partial charge in [-0.25, -0.2) is 4.39 Å². The predicted octanol–water partition coefficient (Wildman–Crippen LogP) is 2.29. The fourth-order valence-corrected chi connectivity index (χ4v) is 1.05. The zero-order chi connectivity index (χ0) is 11.3. The lowest BCUT2D eigenvalue weighted by atomic mass is 10.2. The van der Waals surface area contributed by atoms with Crippen LogP contribution in [0.2, 0.25) is 0 Å². The second-order valence-corrected chi connectivity index (χ2v) is 2.97. The fourth-order valence-electron chi connectivity index (χ4n) is 1.05. The van der Waals surface area contributed by atoms with Gasteiger partial charge in [0.2, 0.25) is 0 Å². The lowest BCUT2D eigenvalue weighted by molar-refractivity contribution is -0.144. The predicted molar refractivity (Wildman–Crippen MR) is 53.0 cm³/mol. The number of benzene rings is 1. The molecule has 0 amide bonds. The van der Waals surface area contributed by atoms with Gasteiger partial charge in [-0.15, -0.1) is 0 Å². The molecule has 0 spiro atoms. The summed E-state index contributed by atoms with van der Waals surface area (Å²) in [6.07, 6.45) is 0.283. The van der Waals surface area contributed by atoms with Gasteiger partial charge in [0.05, 0.1) is 7.11 Å². The largest absolute Gasteiger partial charge is 0.497 e. The van der Waals surface area contributed by atoms with Crippen molar-refractivity contribution in [1.82, 2.24) is 0 Å². The highest BCUT2D eigenvalue weighted by molar-refractivity contribution is 5.68. The van der Waals surface area contributed by atoms with Gasteiger partial charge in [0.25, 0.3) is 0 Å². The van der Waals surface area contributed by atoms with E-state index >= 15 is 0 Å². The SMILES string of the molecule is CCC(=O)OCc1cc(OC)ccc1F. The van der Waals surface area contributed by atoms with E-state index in [1.54, 1.807) is 6.92 Å². The Kier molecular flexibility index (Phi) is 4.09. The molecule has 0 aromatic heterocycles. The Labute approximate surface area is 87.8 Å². The number of ether oxygens (including phenoxy) is 2. The van der Waals surface area contributed by atoms with Gasteiger partial charge < -0.3 is 9.47 Å². The number of esters is 1. The normalized spacial score (nSPS) is 9.80. The van der Waals surface area contributed by atoms with E-state index < -0.39 is 5.82 Å². The van der Waals surface area contributed by atoms with Gasteiger partial charge in [-0.2, -0.15) is 0 Å². The Morgan fingerprint density at radius 2 is 2.20 bits per heavy atom. The van der Waals surface area contributed by atoms with Crippen LogP contribution in [0.5, 0.6) is 5.75 Å². The molecule has 4 heteroatoms. The number of carbonyl (C=O) groups excluding carboxylic acids is 1. The fraction of sp³-hybridized carbons (Fsp3) is 0.364. The molecule has 1 aromatic carbocycles. The maximum Gasteiger partial charge on any atom is 0.305 e. The highest BCUT2D eigenvalue weighted by Gasteiger charge is 2.06. The molecule has 3 nitrogen and oxygen atoms in total. The number of hydrogen-bond donors (Lipinski definition) is 0. The molecule has 1 rings (SSSR count). The first-order valence-electron chi connectivity index (χ1n) is 4.65. The highest BCUT2D eigenvalue weighted by atomic mass is 19.1. The molecule has 0 heterocycles. The summed E-state index contributed by atoms with van der Waals surface area (Å²) in [6.45, 7) is 1.62. The molecule has 0 fully saturated rings. The Bertz CT molecular complexity index is 350. The summed E-state index contributed by atoms with van der Waals surface area (Å²) < 4.78 is 23.0. The van der Waals surface area contributed by atoms with Crippen molar-refractivity contribution in [3.63, 3.8) is 0 Å². The molecular formula is C11H13FO3. The van der Waals surface area contributed by atoms with Crippen molar-refractivity contribution in [1.29, 1.82) is 0 Å². The minimum absolute atomic E-state index is 0.0598. The molecule has 0 aliphatic heterocycles. The van der Waals surface area contributed by atoms with Crippen LogP contribution in [0.15, 0.2) is 18.2 Å². The van der Waals surface area contributed by atoms with E-state index in [1.165, 1.54) is 25.3 Å². The van der Waals surface area contributed by atoms with Crippen molar-refractivity contribution in [2.24, 2.45) is 0 Å². The molecule has 0 N–H and O–H groups in total. The quantitative estimate of drug-likeness (QED) is 0.718. The summed E-state index contributed by atoms with van der Waals surface area (Å²) in [4.78, 5) is 10.9. The van der Waals surface area contributed by atoms with Crippen LogP contribution >= 0.6 is 0 Å². The second-order valence-electron chi connectivity index (χ2n) is 2.97. The molecule has 0 aliphatic carbocycles. The number of halogens is 1. The molecule has 0 aliphatic rings. The topological polar surface area (TPSA) is 35.5 Å². The van der Waals surface area contributed by atoms with Crippen LogP contribution in [0.25, 0.3) is 0 Å². The van der Waals surface area contributed by atoms with Crippen LogP contribution in [-0.2, 0) is 16.1 Å². The third-order valence-corrected chi connectivity index (χ3v) is 1.93. The van der Waals surface area contributed by atoms with Crippen LogP contribution in [0.3, 0.4) is 0 Å². The van der Waals surface area contributed by atoms with Crippen molar-refractivity contribution in [3.05, 3.63) is 29.6 Å². The van der Waals surface area contributed by atoms with E-state index in [2.05, 4.69) is 0 Å². The minimum Gasteiger partial charge on any atom is -0.497 e. The molecule has 15 heavy (non-hydrogen) atoms. The van der Waals surface area contributed by atoms with Crippen molar-refractivity contribution < 1.29 is 18.7 Å². The third-order valence-electron chi connectivity index (χ3n) is 1.93. The Hall–Kier alpha value is -1.58. The average molecular weight is 212 g/mol. The summed E-state index contributed by atoms with van der Waals surface area (Å²) in [6, 6.07) is 4.31. The van der Waals surface area contributed by atoms with Crippen molar-refractivity contribution in [2.45, 2.75) is 20.0 Å². The maximum absolute atomic E-state index is 13.2. The van der Waals surface area contributed by atoms with Gasteiger partial charge in [-0.1, -0.05) is 6.92 Å². The Morgan fingerprint density at radius 1 is 1.47 bits per heavy atom. The Balaban J connectivity index is 2.70. The summed E-state index contributed by atoms with van der Waals surface area (Å²) in [7, 11) is 1.50. The van der Waals surface area contributed by atoms with Crippen molar-refractivity contribution in [3.8, 4) is 5.75 Å². The van der Waals surface area contributed by atoms with E-state index in [0.29, 0.717) is 11.3 Å². The number of methoxy groups -OCH3 is 1. The lowest BCUT2D eigenvalue weighted by Crippen LogP contribution is -2.04. The Morgan fingerprint density at radius 3 is 2.80 bits per heavy atom. The number of rotatable bonds is 4. The zero-order valence-electron chi connectivity index (χ0n) is 8.75. The minimum atomic E-state index is -0.403. The summed E-state index contributed by atoms with van der Waals surface area (Å²) in [5.74, 6) is -0.212. The summed E-state index contributed by atoms with van der Waals surface area (Å²) in [5, 5.41) is 0. The van der Waals surface area contributed by atoms with E-state index in [-0.39, 0.29) is 19.0 Å². The molecule has 0 saturated carbocycles. The smallest absolute Gasteiger partial charge is 0.305 e. The first kappa shape index (κ1) is 11.5. The van der Waals surface area contributed by atoms with Crippen LogP contribution in [0.4, 0.5) is 4.39 Å². The van der Waals surface area contributed by atoms with Crippen LogP contribution in [0.1, 0.15) is 18.9 Å². The monoisotopic (exact) mass is 212 g/mol. The molecule has 0 saturated heterocycles. The van der Waals surface area contributed by atoms with Crippen LogP contribution in [-0.4, -0.2) is 13.1 Å². The molecular weight excluding hydrogens is 199 g/mol. The van der Waals surface area contributed by atoms with Gasteiger partial charge >= 0.3 is 5.97 Å². The van der Waals surface area contributed by atoms with E-state index in [9.17, 15) is 9.18 Å². The molecule has 1 aromatic rings. The van der Waals surface area contributed by atoms with Gasteiger partial charge in [-0.3, -0.25) is 4.79 Å².